The van der Waals surface area contributed by atoms with Crippen LogP contribution in [0.25, 0.3) is 0 Å². The van der Waals surface area contributed by atoms with Gasteiger partial charge in [0.1, 0.15) is 5.82 Å². The lowest BCUT2D eigenvalue weighted by Crippen LogP contribution is -2.31. The largest absolute Gasteiger partial charge is 0.271 e. The van der Waals surface area contributed by atoms with Crippen LogP contribution in [0.5, 0.6) is 0 Å². The SMILES string of the molecule is CCc1nnc(C)cc1C(Cc1cc(F)cc(Br)c1)NN. The maximum Gasteiger partial charge on any atom is 0.124 e. The van der Waals surface area contributed by atoms with Crippen LogP contribution in [0.1, 0.15) is 35.5 Å². The zero-order valence-corrected chi connectivity index (χ0v) is 13.6. The fourth-order valence-electron chi connectivity index (χ4n) is 2.33. The van der Waals surface area contributed by atoms with E-state index < -0.39 is 0 Å². The van der Waals surface area contributed by atoms with Gasteiger partial charge in [-0.05, 0) is 55.2 Å². The summed E-state index contributed by atoms with van der Waals surface area (Å²) in [4.78, 5) is 0. The van der Waals surface area contributed by atoms with Crippen LogP contribution in [0.2, 0.25) is 0 Å². The van der Waals surface area contributed by atoms with Gasteiger partial charge in [0.25, 0.3) is 0 Å². The minimum Gasteiger partial charge on any atom is -0.271 e. The van der Waals surface area contributed by atoms with Crippen molar-refractivity contribution in [1.29, 1.82) is 0 Å². The molecule has 4 nitrogen and oxygen atoms in total. The molecule has 112 valence electrons. The number of rotatable bonds is 5. The summed E-state index contributed by atoms with van der Waals surface area (Å²) in [6.07, 6.45) is 1.35. The lowest BCUT2D eigenvalue weighted by atomic mass is 9.97. The fraction of sp³-hybridized carbons (Fsp3) is 0.333. The Kier molecular flexibility index (Phi) is 5.39. The van der Waals surface area contributed by atoms with Crippen LogP contribution in [0.15, 0.2) is 28.7 Å². The summed E-state index contributed by atoms with van der Waals surface area (Å²) < 4.78 is 14.2. The first kappa shape index (κ1) is 16.0. The molecule has 6 heteroatoms. The molecule has 0 radical (unpaired) electrons. The third kappa shape index (κ3) is 4.06. The molecule has 0 fully saturated rings. The standard InChI is InChI=1S/C15H18BrFN4/c1-3-14-13(4-9(2)20-21-14)15(19-18)7-10-5-11(16)8-12(17)6-10/h4-6,8,15,19H,3,7,18H2,1-2H3. The van der Waals surface area contributed by atoms with Gasteiger partial charge in [-0.15, -0.1) is 0 Å². The smallest absolute Gasteiger partial charge is 0.124 e. The zero-order chi connectivity index (χ0) is 15.4. The van der Waals surface area contributed by atoms with Crippen LogP contribution in [0.4, 0.5) is 4.39 Å². The van der Waals surface area contributed by atoms with Gasteiger partial charge in [0, 0.05) is 4.47 Å². The molecule has 1 heterocycles. The lowest BCUT2D eigenvalue weighted by molar-refractivity contribution is 0.538. The molecule has 0 bridgehead atoms. The fourth-order valence-corrected chi connectivity index (χ4v) is 2.85. The normalized spacial score (nSPS) is 12.4. The van der Waals surface area contributed by atoms with E-state index in [4.69, 9.17) is 5.84 Å². The van der Waals surface area contributed by atoms with Crippen molar-refractivity contribution >= 4 is 15.9 Å². The molecular weight excluding hydrogens is 335 g/mol. The van der Waals surface area contributed by atoms with Crippen LogP contribution < -0.4 is 11.3 Å². The van der Waals surface area contributed by atoms with E-state index in [2.05, 4.69) is 31.6 Å². The number of aromatic nitrogens is 2. The van der Waals surface area contributed by atoms with E-state index in [0.29, 0.717) is 10.9 Å². The van der Waals surface area contributed by atoms with Crippen LogP contribution in [-0.2, 0) is 12.8 Å². The Morgan fingerprint density at radius 2 is 2.05 bits per heavy atom. The maximum atomic E-state index is 13.5. The number of aryl methyl sites for hydroxylation is 2. The average molecular weight is 353 g/mol. The summed E-state index contributed by atoms with van der Waals surface area (Å²) >= 11 is 3.31. The highest BCUT2D eigenvalue weighted by atomic mass is 79.9. The second-order valence-corrected chi connectivity index (χ2v) is 5.86. The lowest BCUT2D eigenvalue weighted by Gasteiger charge is -2.19. The van der Waals surface area contributed by atoms with Crippen molar-refractivity contribution in [3.05, 3.63) is 57.1 Å². The second-order valence-electron chi connectivity index (χ2n) is 4.94. The summed E-state index contributed by atoms with van der Waals surface area (Å²) in [6.45, 7) is 3.91. The Morgan fingerprint density at radius 1 is 1.29 bits per heavy atom. The molecule has 2 rings (SSSR count). The van der Waals surface area contributed by atoms with Crippen LogP contribution in [-0.4, -0.2) is 10.2 Å². The average Bonchev–Trinajstić information content (AvgIpc) is 2.43. The third-order valence-corrected chi connectivity index (χ3v) is 3.76. The number of hydrazine groups is 1. The van der Waals surface area contributed by atoms with Gasteiger partial charge in [-0.3, -0.25) is 11.3 Å². The molecule has 0 aliphatic rings. The molecule has 21 heavy (non-hydrogen) atoms. The number of nitrogens with two attached hydrogens (primary N) is 1. The van der Waals surface area contributed by atoms with Crippen molar-refractivity contribution in [2.45, 2.75) is 32.7 Å². The van der Waals surface area contributed by atoms with Gasteiger partial charge in [0.05, 0.1) is 17.4 Å². The summed E-state index contributed by atoms with van der Waals surface area (Å²) in [6, 6.07) is 6.68. The molecule has 2 aromatic rings. The van der Waals surface area contributed by atoms with E-state index in [0.717, 1.165) is 28.9 Å². The highest BCUT2D eigenvalue weighted by Crippen LogP contribution is 2.23. The second kappa shape index (κ2) is 7.06. The first-order valence-electron chi connectivity index (χ1n) is 6.77. The van der Waals surface area contributed by atoms with E-state index in [1.54, 1.807) is 0 Å². The topological polar surface area (TPSA) is 63.8 Å². The zero-order valence-electron chi connectivity index (χ0n) is 12.0. The van der Waals surface area contributed by atoms with Gasteiger partial charge in [-0.2, -0.15) is 10.2 Å². The van der Waals surface area contributed by atoms with Crippen LogP contribution in [0.3, 0.4) is 0 Å². The Balaban J connectivity index is 2.33. The molecule has 0 saturated heterocycles. The van der Waals surface area contributed by atoms with Gasteiger partial charge < -0.3 is 0 Å². The Bertz CT molecular complexity index is 613. The minimum absolute atomic E-state index is 0.136. The van der Waals surface area contributed by atoms with E-state index in [-0.39, 0.29) is 11.9 Å². The monoisotopic (exact) mass is 352 g/mol. The molecule has 0 saturated carbocycles. The van der Waals surface area contributed by atoms with Crippen molar-refractivity contribution in [3.8, 4) is 0 Å². The molecule has 0 aliphatic carbocycles. The molecule has 1 aromatic carbocycles. The van der Waals surface area contributed by atoms with Gasteiger partial charge in [0.2, 0.25) is 0 Å². The number of hydrogen-bond acceptors (Lipinski definition) is 4. The van der Waals surface area contributed by atoms with Crippen molar-refractivity contribution in [3.63, 3.8) is 0 Å². The van der Waals surface area contributed by atoms with E-state index >= 15 is 0 Å². The van der Waals surface area contributed by atoms with Gasteiger partial charge in [-0.25, -0.2) is 4.39 Å². The number of halogens is 2. The first-order valence-corrected chi connectivity index (χ1v) is 7.57. The van der Waals surface area contributed by atoms with E-state index in [1.807, 2.05) is 26.0 Å². The number of benzene rings is 1. The summed E-state index contributed by atoms with van der Waals surface area (Å²) in [5.74, 6) is 5.43. The number of hydrogen-bond donors (Lipinski definition) is 2. The van der Waals surface area contributed by atoms with Gasteiger partial charge >= 0.3 is 0 Å². The van der Waals surface area contributed by atoms with Crippen molar-refractivity contribution < 1.29 is 4.39 Å². The summed E-state index contributed by atoms with van der Waals surface area (Å²) in [7, 11) is 0. The van der Waals surface area contributed by atoms with Gasteiger partial charge in [0.15, 0.2) is 0 Å². The third-order valence-electron chi connectivity index (χ3n) is 3.30. The van der Waals surface area contributed by atoms with Gasteiger partial charge in [-0.1, -0.05) is 22.9 Å². The van der Waals surface area contributed by atoms with E-state index in [9.17, 15) is 4.39 Å². The first-order chi connectivity index (χ1) is 10.0. The molecule has 0 amide bonds. The molecule has 0 aliphatic heterocycles. The Hall–Kier alpha value is -1.37. The summed E-state index contributed by atoms with van der Waals surface area (Å²) in [5, 5.41) is 8.29. The molecular formula is C15H18BrFN4. The van der Waals surface area contributed by atoms with E-state index in [1.165, 1.54) is 12.1 Å². The highest BCUT2D eigenvalue weighted by Gasteiger charge is 2.16. The molecule has 3 N–H and O–H groups in total. The van der Waals surface area contributed by atoms with Crippen LogP contribution in [0, 0.1) is 12.7 Å². The van der Waals surface area contributed by atoms with Crippen molar-refractivity contribution in [2.75, 3.05) is 0 Å². The van der Waals surface area contributed by atoms with Crippen LogP contribution >= 0.6 is 15.9 Å². The molecule has 0 spiro atoms. The predicted molar refractivity (Wildman–Crippen MR) is 84.0 cm³/mol. The Morgan fingerprint density at radius 3 is 2.67 bits per heavy atom. The molecule has 1 aromatic heterocycles. The number of nitrogens with zero attached hydrogens (tertiary/aromatic N) is 2. The summed E-state index contributed by atoms with van der Waals surface area (Å²) in [5.41, 5.74) is 6.41. The number of nitrogens with one attached hydrogen (secondary N) is 1. The minimum atomic E-state index is -0.269. The van der Waals surface area contributed by atoms with Crippen molar-refractivity contribution in [2.24, 2.45) is 5.84 Å². The highest BCUT2D eigenvalue weighted by molar-refractivity contribution is 9.10. The maximum absolute atomic E-state index is 13.5. The molecule has 1 atom stereocenters. The Labute approximate surface area is 132 Å². The quantitative estimate of drug-likeness (QED) is 0.641. The molecule has 1 unspecified atom stereocenters. The van der Waals surface area contributed by atoms with Crippen molar-refractivity contribution in [1.82, 2.24) is 15.6 Å². The predicted octanol–water partition coefficient (Wildman–Crippen LogP) is 3.00.